The average Bonchev–Trinajstić information content (AvgIpc) is 2.82. The summed E-state index contributed by atoms with van der Waals surface area (Å²) in [4.78, 5) is 12.7. The molecule has 8 heteroatoms. The van der Waals surface area contributed by atoms with Crippen LogP contribution >= 0.6 is 0 Å². The van der Waals surface area contributed by atoms with E-state index in [4.69, 9.17) is 4.74 Å². The molecule has 3 aromatic carbocycles. The van der Waals surface area contributed by atoms with Crippen LogP contribution in [0.4, 0.5) is 5.69 Å². The summed E-state index contributed by atoms with van der Waals surface area (Å²) in [7, 11) is -3.96. The number of nitrogens with zero attached hydrogens (tertiary/aromatic N) is 2. The third kappa shape index (κ3) is 6.54. The van der Waals surface area contributed by atoms with Crippen LogP contribution in [0.15, 0.2) is 102 Å². The maximum atomic E-state index is 13.3. The van der Waals surface area contributed by atoms with Crippen molar-refractivity contribution in [3.63, 3.8) is 0 Å². The van der Waals surface area contributed by atoms with Crippen LogP contribution in [0.2, 0.25) is 0 Å². The first-order valence-corrected chi connectivity index (χ1v) is 11.6. The minimum atomic E-state index is -3.96. The van der Waals surface area contributed by atoms with Gasteiger partial charge in [0.15, 0.2) is 0 Å². The first-order chi connectivity index (χ1) is 15.9. The number of ether oxygens (including phenoxy) is 1. The van der Waals surface area contributed by atoms with Crippen molar-refractivity contribution in [2.75, 3.05) is 17.5 Å². The molecule has 0 aromatic heterocycles. The molecule has 1 N–H and O–H groups in total. The van der Waals surface area contributed by atoms with E-state index in [-0.39, 0.29) is 4.90 Å². The lowest BCUT2D eigenvalue weighted by Gasteiger charge is -2.24. The lowest BCUT2D eigenvalue weighted by Crippen LogP contribution is -2.39. The Morgan fingerprint density at radius 3 is 2.45 bits per heavy atom. The van der Waals surface area contributed by atoms with Gasteiger partial charge in [-0.1, -0.05) is 43.0 Å². The van der Waals surface area contributed by atoms with Crippen molar-refractivity contribution in [3.8, 4) is 5.75 Å². The molecule has 3 rings (SSSR count). The van der Waals surface area contributed by atoms with E-state index in [0.29, 0.717) is 18.0 Å². The lowest BCUT2D eigenvalue weighted by molar-refractivity contribution is -0.119. The predicted molar refractivity (Wildman–Crippen MR) is 130 cm³/mol. The summed E-state index contributed by atoms with van der Waals surface area (Å²) in [5.41, 5.74) is 4.41. The summed E-state index contributed by atoms with van der Waals surface area (Å²) in [6.07, 6.45) is 3.13. The highest BCUT2D eigenvalue weighted by Crippen LogP contribution is 2.24. The van der Waals surface area contributed by atoms with Gasteiger partial charge in [0, 0.05) is 0 Å². The molecule has 0 aliphatic rings. The Labute approximate surface area is 194 Å². The molecule has 0 saturated heterocycles. The number of hydrogen-bond donors (Lipinski definition) is 1. The number of amides is 1. The number of carbonyl (C=O) groups is 1. The van der Waals surface area contributed by atoms with E-state index >= 15 is 0 Å². The van der Waals surface area contributed by atoms with Crippen molar-refractivity contribution >= 4 is 27.8 Å². The fourth-order valence-electron chi connectivity index (χ4n) is 2.97. The first-order valence-electron chi connectivity index (χ1n) is 10.2. The van der Waals surface area contributed by atoms with E-state index in [9.17, 15) is 13.2 Å². The molecule has 0 atom stereocenters. The van der Waals surface area contributed by atoms with E-state index < -0.39 is 22.5 Å². The van der Waals surface area contributed by atoms with E-state index in [1.807, 2.05) is 13.0 Å². The summed E-state index contributed by atoms with van der Waals surface area (Å²) in [5.74, 6) is 0.120. The fourth-order valence-corrected chi connectivity index (χ4v) is 4.40. The molecule has 3 aromatic rings. The molecule has 7 nitrogen and oxygen atoms in total. The fraction of sp³-hybridized carbons (Fsp3) is 0.120. The third-order valence-corrected chi connectivity index (χ3v) is 6.35. The van der Waals surface area contributed by atoms with Crippen molar-refractivity contribution in [1.82, 2.24) is 5.43 Å². The third-order valence-electron chi connectivity index (χ3n) is 4.56. The van der Waals surface area contributed by atoms with Crippen LogP contribution < -0.4 is 14.5 Å². The quantitative estimate of drug-likeness (QED) is 0.281. The highest BCUT2D eigenvalue weighted by Gasteiger charge is 2.27. The molecule has 0 bridgehead atoms. The molecule has 0 aliphatic carbocycles. The molecule has 0 aliphatic heterocycles. The number of benzene rings is 3. The first kappa shape index (κ1) is 23.7. The molecule has 1 amide bonds. The Morgan fingerprint density at radius 1 is 1.06 bits per heavy atom. The Balaban J connectivity index is 1.74. The maximum absolute atomic E-state index is 13.3. The molecule has 0 radical (unpaired) electrons. The van der Waals surface area contributed by atoms with Gasteiger partial charge in [-0.15, -0.1) is 0 Å². The van der Waals surface area contributed by atoms with Crippen molar-refractivity contribution in [2.24, 2.45) is 5.10 Å². The second kappa shape index (κ2) is 11.1. The number of nitrogens with one attached hydrogen (secondary N) is 1. The van der Waals surface area contributed by atoms with E-state index in [1.54, 1.807) is 66.7 Å². The topological polar surface area (TPSA) is 88.1 Å². The van der Waals surface area contributed by atoms with Gasteiger partial charge in [0.05, 0.1) is 16.8 Å². The highest BCUT2D eigenvalue weighted by atomic mass is 32.2. The zero-order valence-electron chi connectivity index (χ0n) is 18.2. The van der Waals surface area contributed by atoms with Gasteiger partial charge in [-0.05, 0) is 66.6 Å². The summed E-state index contributed by atoms with van der Waals surface area (Å²) in [5, 5.41) is 3.95. The van der Waals surface area contributed by atoms with Crippen molar-refractivity contribution in [1.29, 1.82) is 0 Å². The van der Waals surface area contributed by atoms with Crippen LogP contribution in [0.25, 0.3) is 0 Å². The zero-order chi connectivity index (χ0) is 23.7. The Bertz CT molecular complexity index is 1220. The minimum Gasteiger partial charge on any atom is -0.490 e. The van der Waals surface area contributed by atoms with E-state index in [1.165, 1.54) is 18.3 Å². The SMILES string of the molecule is C=CCOc1ccc(/C=N\NC(=O)CN(c2cccc(C)c2)S(=O)(=O)c2ccccc2)cc1. The highest BCUT2D eigenvalue weighted by molar-refractivity contribution is 7.92. The number of anilines is 1. The minimum absolute atomic E-state index is 0.0987. The molecule has 0 unspecified atom stereocenters. The summed E-state index contributed by atoms with van der Waals surface area (Å²) >= 11 is 0. The Morgan fingerprint density at radius 2 is 1.79 bits per heavy atom. The monoisotopic (exact) mass is 463 g/mol. The normalized spacial score (nSPS) is 11.2. The van der Waals surface area contributed by atoms with E-state index in [0.717, 1.165) is 15.4 Å². The van der Waals surface area contributed by atoms with Crippen LogP contribution in [-0.4, -0.2) is 33.7 Å². The number of hydrogen-bond acceptors (Lipinski definition) is 5. The molecule has 0 heterocycles. The Hall–Kier alpha value is -3.91. The molecule has 33 heavy (non-hydrogen) atoms. The largest absolute Gasteiger partial charge is 0.490 e. The average molecular weight is 464 g/mol. The zero-order valence-corrected chi connectivity index (χ0v) is 19.0. The molecular weight excluding hydrogens is 438 g/mol. The van der Waals surface area contributed by atoms with Crippen LogP contribution in [0, 0.1) is 6.92 Å². The van der Waals surface area contributed by atoms with E-state index in [2.05, 4.69) is 17.1 Å². The Kier molecular flexibility index (Phi) is 7.99. The van der Waals surface area contributed by atoms with Gasteiger partial charge in [-0.2, -0.15) is 5.10 Å². The summed E-state index contributed by atoms with van der Waals surface area (Å²) in [6, 6.07) is 22.1. The predicted octanol–water partition coefficient (Wildman–Crippen LogP) is 3.91. The van der Waals surface area contributed by atoms with Gasteiger partial charge in [0.1, 0.15) is 18.9 Å². The van der Waals surface area contributed by atoms with Gasteiger partial charge in [0.25, 0.3) is 15.9 Å². The van der Waals surface area contributed by atoms with Crippen LogP contribution in [-0.2, 0) is 14.8 Å². The second-order valence-electron chi connectivity index (χ2n) is 7.13. The van der Waals surface area contributed by atoms with Gasteiger partial charge in [-0.3, -0.25) is 9.10 Å². The molecule has 0 saturated carbocycles. The number of sulfonamides is 1. The van der Waals surface area contributed by atoms with Crippen molar-refractivity contribution in [2.45, 2.75) is 11.8 Å². The van der Waals surface area contributed by atoms with Gasteiger partial charge in [0.2, 0.25) is 0 Å². The standard InChI is InChI=1S/C25H25N3O4S/c1-3-16-32-23-14-12-21(13-15-23)18-26-27-25(29)19-28(22-9-7-8-20(2)17-22)33(30,31)24-10-5-4-6-11-24/h3-15,17-18H,1,16,19H2,2H3,(H,27,29)/b26-18-. The number of aryl methyl sites for hydroxylation is 1. The number of rotatable bonds is 10. The van der Waals surface area contributed by atoms with Crippen LogP contribution in [0.3, 0.4) is 0 Å². The van der Waals surface area contributed by atoms with Gasteiger partial charge >= 0.3 is 0 Å². The van der Waals surface area contributed by atoms with Gasteiger partial charge < -0.3 is 4.74 Å². The van der Waals surface area contributed by atoms with Crippen LogP contribution in [0.5, 0.6) is 5.75 Å². The summed E-state index contributed by atoms with van der Waals surface area (Å²) < 4.78 is 33.0. The maximum Gasteiger partial charge on any atom is 0.264 e. The lowest BCUT2D eigenvalue weighted by atomic mass is 10.2. The van der Waals surface area contributed by atoms with Gasteiger partial charge in [-0.25, -0.2) is 13.8 Å². The summed E-state index contributed by atoms with van der Waals surface area (Å²) in [6.45, 7) is 5.44. The van der Waals surface area contributed by atoms with Crippen LogP contribution in [0.1, 0.15) is 11.1 Å². The molecule has 0 spiro atoms. The van der Waals surface area contributed by atoms with Crippen molar-refractivity contribution in [3.05, 3.63) is 103 Å². The number of hydrazone groups is 1. The van der Waals surface area contributed by atoms with Crippen molar-refractivity contribution < 1.29 is 17.9 Å². The molecule has 0 fully saturated rings. The smallest absolute Gasteiger partial charge is 0.264 e. The second-order valence-corrected chi connectivity index (χ2v) is 8.99. The molecular formula is C25H25N3O4S. The molecule has 170 valence electrons. The number of carbonyl (C=O) groups excluding carboxylic acids is 1.